The van der Waals surface area contributed by atoms with E-state index in [1.54, 1.807) is 26.0 Å². The predicted octanol–water partition coefficient (Wildman–Crippen LogP) is 5.37. The van der Waals surface area contributed by atoms with E-state index < -0.39 is 18.1 Å². The molecule has 3 amide bonds. The van der Waals surface area contributed by atoms with Crippen LogP contribution in [-0.2, 0) is 30.3 Å². The Bertz CT molecular complexity index is 1120. The molecule has 8 atom stereocenters. The van der Waals surface area contributed by atoms with Gasteiger partial charge in [0.15, 0.2) is 0 Å². The van der Waals surface area contributed by atoms with Crippen molar-refractivity contribution in [2.24, 2.45) is 11.8 Å². The van der Waals surface area contributed by atoms with Crippen molar-refractivity contribution in [3.8, 4) is 0 Å². The quantitative estimate of drug-likeness (QED) is 0.144. The number of hydrogen-bond donors (Lipinski definition) is 2. The molecule has 0 saturated carbocycles. The van der Waals surface area contributed by atoms with E-state index >= 15 is 0 Å². The largest absolute Gasteiger partial charge is 0.379 e. The second kappa shape index (κ2) is 19.9. The lowest BCUT2D eigenvalue weighted by molar-refractivity contribution is -0.146. The predicted molar refractivity (Wildman–Crippen MR) is 195 cm³/mol. The van der Waals surface area contributed by atoms with Crippen molar-refractivity contribution in [3.63, 3.8) is 0 Å². The zero-order valence-corrected chi connectivity index (χ0v) is 31.4. The van der Waals surface area contributed by atoms with E-state index in [9.17, 15) is 14.4 Å². The number of carbonyl (C=O) groups excluding carboxylic acids is 3. The first kappa shape index (κ1) is 38.6. The van der Waals surface area contributed by atoms with E-state index in [1.807, 2.05) is 46.5 Å². The van der Waals surface area contributed by atoms with E-state index in [-0.39, 0.29) is 53.6 Å². The molecule has 11 heteroatoms. The number of halogens is 1. The highest BCUT2D eigenvalue weighted by Gasteiger charge is 2.42. The lowest BCUT2D eigenvalue weighted by atomic mass is 9.89. The van der Waals surface area contributed by atoms with Gasteiger partial charge in [-0.15, -0.1) is 11.8 Å². The van der Waals surface area contributed by atoms with Gasteiger partial charge in [-0.3, -0.25) is 14.4 Å². The number of rotatable bonds is 19. The van der Waals surface area contributed by atoms with Gasteiger partial charge in [-0.2, -0.15) is 0 Å². The number of hydrogen-bond acceptors (Lipinski definition) is 7. The number of thioether (sulfide) groups is 1. The molecule has 0 aromatic heterocycles. The average Bonchev–Trinajstić information content (AvgIpc) is 3.79. The summed E-state index contributed by atoms with van der Waals surface area (Å²) < 4.78 is 12.4. The van der Waals surface area contributed by atoms with Gasteiger partial charge in [0.25, 0.3) is 0 Å². The number of alkyl halides is 1. The van der Waals surface area contributed by atoms with Crippen LogP contribution in [-0.4, -0.2) is 95.0 Å². The van der Waals surface area contributed by atoms with Crippen molar-refractivity contribution in [1.82, 2.24) is 20.4 Å². The van der Waals surface area contributed by atoms with Gasteiger partial charge in [0.2, 0.25) is 17.7 Å². The molecule has 9 nitrogen and oxygen atoms in total. The van der Waals surface area contributed by atoms with Crippen LogP contribution in [0.15, 0.2) is 41.9 Å². The SMILES string of the molecule is CCCCN(C(=O)CI)C(C(C)CC)C(CC(=O)N1CCCC1C(OC)C(C)C(=O)N[C@@H](Cc1ccccc1)C1NC=CS1)OC. The monoisotopic (exact) mass is 770 g/mol. The Morgan fingerprint density at radius 2 is 1.89 bits per heavy atom. The van der Waals surface area contributed by atoms with Crippen LogP contribution in [0.2, 0.25) is 0 Å². The van der Waals surface area contributed by atoms with Gasteiger partial charge in [-0.05, 0) is 42.6 Å². The maximum Gasteiger partial charge on any atom is 0.232 e. The Kier molecular flexibility index (Phi) is 16.7. The molecule has 0 aliphatic carbocycles. The highest BCUT2D eigenvalue weighted by atomic mass is 127. The summed E-state index contributed by atoms with van der Waals surface area (Å²) >= 11 is 3.79. The van der Waals surface area contributed by atoms with Crippen LogP contribution in [0, 0.1) is 11.8 Å². The molecule has 7 unspecified atom stereocenters. The number of ether oxygens (including phenoxy) is 2. The normalized spacial score (nSPS) is 21.6. The highest BCUT2D eigenvalue weighted by molar-refractivity contribution is 14.1. The number of nitrogens with one attached hydrogen (secondary N) is 2. The Morgan fingerprint density at radius 1 is 1.15 bits per heavy atom. The van der Waals surface area contributed by atoms with Crippen molar-refractivity contribution < 1.29 is 23.9 Å². The number of amides is 3. The van der Waals surface area contributed by atoms with Gasteiger partial charge in [0.05, 0.1) is 52.5 Å². The summed E-state index contributed by atoms with van der Waals surface area (Å²) in [7, 11) is 3.28. The third-order valence-corrected chi connectivity index (χ3v) is 11.3. The maximum absolute atomic E-state index is 14.1. The highest BCUT2D eigenvalue weighted by Crippen LogP contribution is 2.30. The summed E-state index contributed by atoms with van der Waals surface area (Å²) in [5.41, 5.74) is 1.16. The molecule has 1 aromatic rings. The van der Waals surface area contributed by atoms with Crippen LogP contribution >= 0.6 is 34.4 Å². The number of carbonyl (C=O) groups is 3. The lowest BCUT2D eigenvalue weighted by Crippen LogP contribution is -2.55. The van der Waals surface area contributed by atoms with Crippen molar-refractivity contribution >= 4 is 52.1 Å². The summed E-state index contributed by atoms with van der Waals surface area (Å²) in [6, 6.07) is 9.63. The molecule has 2 aliphatic heterocycles. The molecule has 258 valence electrons. The fourth-order valence-electron chi connectivity index (χ4n) is 6.81. The molecular weight excluding hydrogens is 715 g/mol. The van der Waals surface area contributed by atoms with Gasteiger partial charge < -0.3 is 29.9 Å². The van der Waals surface area contributed by atoms with Crippen molar-refractivity contribution in [1.29, 1.82) is 0 Å². The van der Waals surface area contributed by atoms with Crippen LogP contribution < -0.4 is 10.6 Å². The second-order valence-corrected chi connectivity index (χ2v) is 14.4. The average molecular weight is 771 g/mol. The van der Waals surface area contributed by atoms with E-state index in [0.29, 0.717) is 23.9 Å². The minimum absolute atomic E-state index is 0.0192. The van der Waals surface area contributed by atoms with Crippen LogP contribution in [0.4, 0.5) is 0 Å². The lowest BCUT2D eigenvalue weighted by Gasteiger charge is -2.41. The van der Waals surface area contributed by atoms with Gasteiger partial charge in [-0.1, -0.05) is 93.5 Å². The van der Waals surface area contributed by atoms with Gasteiger partial charge in [-0.25, -0.2) is 0 Å². The van der Waals surface area contributed by atoms with Crippen LogP contribution in [0.1, 0.15) is 71.8 Å². The molecule has 0 spiro atoms. The zero-order chi connectivity index (χ0) is 33.6. The number of unbranched alkanes of at least 4 members (excludes halogenated alkanes) is 1. The third kappa shape index (κ3) is 10.3. The van der Waals surface area contributed by atoms with Crippen molar-refractivity contribution in [2.45, 2.75) is 108 Å². The molecule has 1 aromatic carbocycles. The Labute approximate surface area is 294 Å². The third-order valence-electron chi connectivity index (χ3n) is 9.56. The zero-order valence-electron chi connectivity index (χ0n) is 28.5. The molecule has 0 bridgehead atoms. The van der Waals surface area contributed by atoms with Crippen LogP contribution in [0.5, 0.6) is 0 Å². The van der Waals surface area contributed by atoms with Crippen molar-refractivity contribution in [3.05, 3.63) is 47.5 Å². The van der Waals surface area contributed by atoms with Crippen LogP contribution in [0.3, 0.4) is 0 Å². The Hall–Kier alpha value is -1.83. The molecule has 2 heterocycles. The van der Waals surface area contributed by atoms with E-state index in [4.69, 9.17) is 9.47 Å². The smallest absolute Gasteiger partial charge is 0.232 e. The maximum atomic E-state index is 14.1. The summed E-state index contributed by atoms with van der Waals surface area (Å²) in [5, 5.41) is 8.71. The minimum atomic E-state index is -0.474. The summed E-state index contributed by atoms with van der Waals surface area (Å²) in [4.78, 5) is 44.8. The molecule has 1 fully saturated rings. The number of nitrogens with zero attached hydrogens (tertiary/aromatic N) is 2. The topological polar surface area (TPSA) is 100 Å². The van der Waals surface area contributed by atoms with Gasteiger partial charge in [0.1, 0.15) is 0 Å². The summed E-state index contributed by atoms with van der Waals surface area (Å²) in [6.07, 6.45) is 6.27. The molecule has 3 rings (SSSR count). The number of methoxy groups -OCH3 is 2. The fourth-order valence-corrected chi connectivity index (χ4v) is 8.08. The number of likely N-dealkylation sites (tertiary alicyclic amines) is 1. The van der Waals surface area contributed by atoms with Gasteiger partial charge >= 0.3 is 0 Å². The Balaban J connectivity index is 1.75. The standard InChI is InChI=1S/C35H55IN4O5S/c1-7-9-18-40(31(42)23-36)32(24(3)8-2)29(44-5)22-30(41)39-19-13-16-28(39)33(45-6)25(4)34(43)38-27(35-37-17-20-46-35)21-26-14-11-10-12-15-26/h10-12,14-15,17,20,24-25,27-29,32-33,35,37H,7-9,13,16,18-19,21-23H2,1-6H3,(H,38,43)/t24?,25?,27-,28?,29?,32?,33?,35?/m0/s1. The van der Waals surface area contributed by atoms with Crippen LogP contribution in [0.25, 0.3) is 0 Å². The molecule has 46 heavy (non-hydrogen) atoms. The Morgan fingerprint density at radius 3 is 2.48 bits per heavy atom. The molecule has 2 aliphatic rings. The molecule has 1 saturated heterocycles. The van der Waals surface area contributed by atoms with Gasteiger partial charge in [0, 0.05) is 33.5 Å². The summed E-state index contributed by atoms with van der Waals surface area (Å²) in [6.45, 7) is 9.54. The molecular formula is C35H55IN4O5S. The first-order chi connectivity index (χ1) is 22.2. The fraction of sp³-hybridized carbons (Fsp3) is 0.686. The van der Waals surface area contributed by atoms with E-state index in [1.165, 1.54) is 0 Å². The number of benzene rings is 1. The first-order valence-corrected chi connectivity index (χ1v) is 19.3. The molecule has 0 radical (unpaired) electrons. The first-order valence-electron chi connectivity index (χ1n) is 16.8. The van der Waals surface area contributed by atoms with Crippen molar-refractivity contribution in [2.75, 3.05) is 31.7 Å². The second-order valence-electron chi connectivity index (χ2n) is 12.5. The van der Waals surface area contributed by atoms with E-state index in [0.717, 1.165) is 37.7 Å². The molecule has 2 N–H and O–H groups in total. The van der Waals surface area contributed by atoms with E-state index in [2.05, 4.69) is 66.1 Å². The summed E-state index contributed by atoms with van der Waals surface area (Å²) in [5.74, 6) is -0.332. The minimum Gasteiger partial charge on any atom is -0.379 e.